The highest BCUT2D eigenvalue weighted by Crippen LogP contribution is 2.42. The molecule has 1 atom stereocenters. The predicted octanol–water partition coefficient (Wildman–Crippen LogP) is 6.03. The van der Waals surface area contributed by atoms with Crippen molar-refractivity contribution in [1.29, 1.82) is 0 Å². The van der Waals surface area contributed by atoms with Gasteiger partial charge in [0.2, 0.25) is 5.78 Å². The number of ether oxygens (including phenoxy) is 2. The number of rotatable bonds is 4. The van der Waals surface area contributed by atoms with E-state index in [0.717, 1.165) is 27.3 Å². The van der Waals surface area contributed by atoms with Crippen LogP contribution in [0.3, 0.4) is 0 Å². The van der Waals surface area contributed by atoms with Gasteiger partial charge in [-0.3, -0.25) is 4.79 Å². The monoisotopic (exact) mass is 420 g/mol. The molecule has 4 rings (SSSR count). The number of hydrogen-bond acceptors (Lipinski definition) is 5. The molecule has 0 spiro atoms. The summed E-state index contributed by atoms with van der Waals surface area (Å²) in [5.41, 5.74) is 3.64. The van der Waals surface area contributed by atoms with Crippen molar-refractivity contribution in [2.45, 2.75) is 45.8 Å². The van der Waals surface area contributed by atoms with E-state index in [-0.39, 0.29) is 11.2 Å². The second-order valence-corrected chi connectivity index (χ2v) is 9.54. The number of carbonyl (C=O) groups is 2. The first-order valence-corrected chi connectivity index (χ1v) is 10.8. The van der Waals surface area contributed by atoms with Crippen LogP contribution in [-0.4, -0.2) is 17.9 Å². The molecule has 0 fully saturated rings. The van der Waals surface area contributed by atoms with Gasteiger partial charge in [0.1, 0.15) is 17.2 Å². The molecule has 3 aromatic rings. The van der Waals surface area contributed by atoms with Crippen LogP contribution < -0.4 is 4.74 Å². The van der Waals surface area contributed by atoms with Crippen molar-refractivity contribution in [3.05, 3.63) is 76.2 Å². The normalized spacial score (nSPS) is 13.6. The van der Waals surface area contributed by atoms with Gasteiger partial charge in [0.25, 0.3) is 0 Å². The first kappa shape index (κ1) is 20.4. The SMILES string of the molecule is C[C@H](OC(=O)c1cc2c(s1)-c1ccccc1OC2)C(=O)c1ccc(C(C)(C)C)cc1. The van der Waals surface area contributed by atoms with Gasteiger partial charge in [-0.1, -0.05) is 57.2 Å². The third-order valence-electron chi connectivity index (χ3n) is 5.21. The van der Waals surface area contributed by atoms with Crippen LogP contribution in [0.25, 0.3) is 10.4 Å². The second-order valence-electron chi connectivity index (χ2n) is 8.49. The largest absolute Gasteiger partial charge is 0.488 e. The Kier molecular flexibility index (Phi) is 5.24. The zero-order valence-corrected chi connectivity index (χ0v) is 18.3. The van der Waals surface area contributed by atoms with Gasteiger partial charge in [-0.25, -0.2) is 4.79 Å². The lowest BCUT2D eigenvalue weighted by molar-refractivity contribution is 0.0323. The summed E-state index contributed by atoms with van der Waals surface area (Å²) in [7, 11) is 0. The van der Waals surface area contributed by atoms with E-state index in [4.69, 9.17) is 9.47 Å². The number of Topliss-reactive ketones (excluding diaryl/α,β-unsaturated/α-hetero) is 1. The standard InChI is InChI=1S/C25H24O4S/c1-15(22(26)16-9-11-18(12-10-16)25(2,3)4)29-24(27)21-13-17-14-28-20-8-6-5-7-19(20)23(17)30-21/h5-13,15H,14H2,1-4H3/t15-/m0/s1. The minimum absolute atomic E-state index is 0.0142. The number of esters is 1. The summed E-state index contributed by atoms with van der Waals surface area (Å²) >= 11 is 1.37. The first-order chi connectivity index (χ1) is 14.2. The quantitative estimate of drug-likeness (QED) is 0.382. The third-order valence-corrected chi connectivity index (χ3v) is 6.40. The van der Waals surface area contributed by atoms with Gasteiger partial charge in [0.05, 0.1) is 0 Å². The summed E-state index contributed by atoms with van der Waals surface area (Å²) in [4.78, 5) is 26.9. The summed E-state index contributed by atoms with van der Waals surface area (Å²) in [6.45, 7) is 8.41. The molecule has 0 radical (unpaired) electrons. The molecule has 4 nitrogen and oxygen atoms in total. The van der Waals surface area contributed by atoms with E-state index in [9.17, 15) is 9.59 Å². The lowest BCUT2D eigenvalue weighted by Crippen LogP contribution is -2.24. The van der Waals surface area contributed by atoms with E-state index in [1.54, 1.807) is 25.1 Å². The number of hydrogen-bond donors (Lipinski definition) is 0. The Morgan fingerprint density at radius 2 is 1.77 bits per heavy atom. The molecule has 30 heavy (non-hydrogen) atoms. The maximum atomic E-state index is 12.7. The van der Waals surface area contributed by atoms with E-state index < -0.39 is 12.1 Å². The molecule has 1 aliphatic heterocycles. The molecule has 1 aromatic heterocycles. The molecule has 1 aliphatic rings. The zero-order valence-electron chi connectivity index (χ0n) is 17.5. The summed E-state index contributed by atoms with van der Waals surface area (Å²) in [6.07, 6.45) is -0.861. The fraction of sp³-hybridized carbons (Fsp3) is 0.280. The Labute approximate surface area is 180 Å². The Hall–Kier alpha value is -2.92. The number of carbonyl (C=O) groups excluding carboxylic acids is 2. The van der Waals surface area contributed by atoms with Gasteiger partial charge in [-0.15, -0.1) is 11.3 Å². The molecule has 0 aliphatic carbocycles. The Morgan fingerprint density at radius 3 is 2.47 bits per heavy atom. The van der Waals surface area contributed by atoms with Gasteiger partial charge in [0, 0.05) is 21.6 Å². The summed E-state index contributed by atoms with van der Waals surface area (Å²) in [6, 6.07) is 17.1. The van der Waals surface area contributed by atoms with Crippen LogP contribution in [0.15, 0.2) is 54.6 Å². The molecular formula is C25H24O4S. The highest BCUT2D eigenvalue weighted by atomic mass is 32.1. The zero-order chi connectivity index (χ0) is 21.5. The molecule has 0 N–H and O–H groups in total. The molecule has 0 unspecified atom stereocenters. The topological polar surface area (TPSA) is 52.6 Å². The van der Waals surface area contributed by atoms with Crippen LogP contribution >= 0.6 is 11.3 Å². The minimum Gasteiger partial charge on any atom is -0.488 e. The molecule has 0 amide bonds. The molecule has 5 heteroatoms. The van der Waals surface area contributed by atoms with E-state index >= 15 is 0 Å². The number of para-hydroxylation sites is 1. The van der Waals surface area contributed by atoms with Gasteiger partial charge < -0.3 is 9.47 Å². The maximum absolute atomic E-state index is 12.7. The van der Waals surface area contributed by atoms with Crippen LogP contribution in [0, 0.1) is 0 Å². The first-order valence-electron chi connectivity index (χ1n) is 9.94. The van der Waals surface area contributed by atoms with Gasteiger partial charge in [-0.05, 0) is 36.1 Å². The minimum atomic E-state index is -0.861. The van der Waals surface area contributed by atoms with Crippen LogP contribution in [0.2, 0.25) is 0 Å². The molecule has 2 heterocycles. The highest BCUT2D eigenvalue weighted by molar-refractivity contribution is 7.17. The van der Waals surface area contributed by atoms with Crippen molar-refractivity contribution >= 4 is 23.1 Å². The van der Waals surface area contributed by atoms with Crippen LogP contribution in [0.5, 0.6) is 5.75 Å². The molecule has 154 valence electrons. The Morgan fingerprint density at radius 1 is 1.07 bits per heavy atom. The fourth-order valence-electron chi connectivity index (χ4n) is 3.44. The Bertz CT molecular complexity index is 1100. The van der Waals surface area contributed by atoms with Crippen molar-refractivity contribution < 1.29 is 19.1 Å². The molecule has 0 bridgehead atoms. The van der Waals surface area contributed by atoms with Crippen molar-refractivity contribution in [2.75, 3.05) is 0 Å². The smallest absolute Gasteiger partial charge is 0.349 e. The van der Waals surface area contributed by atoms with E-state index in [1.807, 2.05) is 36.4 Å². The fourth-order valence-corrected chi connectivity index (χ4v) is 4.52. The number of benzene rings is 2. The predicted molar refractivity (Wildman–Crippen MR) is 118 cm³/mol. The average Bonchev–Trinajstić information content (AvgIpc) is 3.18. The number of ketones is 1. The van der Waals surface area contributed by atoms with E-state index in [0.29, 0.717) is 17.0 Å². The number of fused-ring (bicyclic) bond motifs is 3. The maximum Gasteiger partial charge on any atom is 0.349 e. The Balaban J connectivity index is 1.48. The highest BCUT2D eigenvalue weighted by Gasteiger charge is 2.26. The van der Waals surface area contributed by atoms with Crippen molar-refractivity contribution in [2.24, 2.45) is 0 Å². The van der Waals surface area contributed by atoms with Crippen LogP contribution in [-0.2, 0) is 16.8 Å². The summed E-state index contributed by atoms with van der Waals surface area (Å²) in [5, 5.41) is 0. The van der Waals surface area contributed by atoms with E-state index in [2.05, 4.69) is 20.8 Å². The molecule has 0 saturated carbocycles. The second kappa shape index (κ2) is 7.73. The lowest BCUT2D eigenvalue weighted by atomic mass is 9.86. The summed E-state index contributed by atoms with van der Waals surface area (Å²) in [5.74, 6) is 0.117. The van der Waals surface area contributed by atoms with Gasteiger partial charge in [0.15, 0.2) is 6.10 Å². The van der Waals surface area contributed by atoms with Gasteiger partial charge >= 0.3 is 5.97 Å². The molecular weight excluding hydrogens is 396 g/mol. The lowest BCUT2D eigenvalue weighted by Gasteiger charge is -2.19. The van der Waals surface area contributed by atoms with Gasteiger partial charge in [-0.2, -0.15) is 0 Å². The average molecular weight is 421 g/mol. The molecule has 0 saturated heterocycles. The van der Waals surface area contributed by atoms with E-state index in [1.165, 1.54) is 11.3 Å². The van der Waals surface area contributed by atoms with Crippen LogP contribution in [0.4, 0.5) is 0 Å². The van der Waals surface area contributed by atoms with Crippen molar-refractivity contribution in [3.8, 4) is 16.2 Å². The van der Waals surface area contributed by atoms with Crippen LogP contribution in [0.1, 0.15) is 58.9 Å². The third kappa shape index (κ3) is 3.90. The summed E-state index contributed by atoms with van der Waals surface area (Å²) < 4.78 is 11.3. The number of thiophene rings is 1. The molecule has 2 aromatic carbocycles. The van der Waals surface area contributed by atoms with Crippen molar-refractivity contribution in [3.63, 3.8) is 0 Å². The van der Waals surface area contributed by atoms with Crippen molar-refractivity contribution in [1.82, 2.24) is 0 Å².